The van der Waals surface area contributed by atoms with E-state index in [9.17, 15) is 14.4 Å². The number of nitrogens with zero attached hydrogens (tertiary/aromatic N) is 1. The van der Waals surface area contributed by atoms with Gasteiger partial charge in [-0.1, -0.05) is 41.9 Å². The van der Waals surface area contributed by atoms with E-state index in [4.69, 9.17) is 11.6 Å². The lowest BCUT2D eigenvalue weighted by atomic mass is 10.1. The van der Waals surface area contributed by atoms with Crippen molar-refractivity contribution in [2.45, 2.75) is 19.8 Å². The number of hydrogen-bond acceptors (Lipinski definition) is 3. The fourth-order valence-electron chi connectivity index (χ4n) is 3.21. The summed E-state index contributed by atoms with van der Waals surface area (Å²) in [4.78, 5) is 37.8. The number of rotatable bonds is 6. The summed E-state index contributed by atoms with van der Waals surface area (Å²) >= 11 is 6.05. The zero-order valence-corrected chi connectivity index (χ0v) is 16.3. The minimum absolute atomic E-state index is 0.00822. The first-order valence-electron chi connectivity index (χ1n) is 9.12. The third kappa shape index (κ3) is 5.10. The van der Waals surface area contributed by atoms with Gasteiger partial charge in [-0.05, 0) is 30.2 Å². The van der Waals surface area contributed by atoms with Crippen molar-refractivity contribution in [3.8, 4) is 0 Å². The molecule has 2 aromatic carbocycles. The summed E-state index contributed by atoms with van der Waals surface area (Å²) in [6, 6.07) is 14.8. The Morgan fingerprint density at radius 3 is 2.61 bits per heavy atom. The average Bonchev–Trinajstić information content (AvgIpc) is 3.04. The van der Waals surface area contributed by atoms with E-state index >= 15 is 0 Å². The van der Waals surface area contributed by atoms with Crippen LogP contribution >= 0.6 is 11.6 Å². The van der Waals surface area contributed by atoms with Gasteiger partial charge < -0.3 is 15.5 Å². The quantitative estimate of drug-likeness (QED) is 0.782. The maximum atomic E-state index is 12.6. The van der Waals surface area contributed by atoms with Gasteiger partial charge in [-0.3, -0.25) is 14.4 Å². The molecule has 0 radical (unpaired) electrons. The van der Waals surface area contributed by atoms with Gasteiger partial charge in [0.15, 0.2) is 0 Å². The summed E-state index contributed by atoms with van der Waals surface area (Å²) in [7, 11) is 0. The molecule has 0 aromatic heterocycles. The average molecular weight is 400 g/mol. The first-order chi connectivity index (χ1) is 13.4. The van der Waals surface area contributed by atoms with Gasteiger partial charge in [-0.25, -0.2) is 0 Å². The second kappa shape index (κ2) is 8.89. The predicted octanol–water partition coefficient (Wildman–Crippen LogP) is 3.33. The van der Waals surface area contributed by atoms with Crippen LogP contribution in [-0.4, -0.2) is 35.7 Å². The largest absolute Gasteiger partial charge is 0.342 e. The molecule has 6 nitrogen and oxygen atoms in total. The molecule has 7 heteroatoms. The summed E-state index contributed by atoms with van der Waals surface area (Å²) in [5.41, 5.74) is 2.11. The number of amides is 3. The van der Waals surface area contributed by atoms with Crippen LogP contribution in [0.4, 0.5) is 11.4 Å². The summed E-state index contributed by atoms with van der Waals surface area (Å²) in [5, 5.41) is 5.82. The van der Waals surface area contributed by atoms with Crippen molar-refractivity contribution in [3.63, 3.8) is 0 Å². The minimum Gasteiger partial charge on any atom is -0.342 e. The smallest absolute Gasteiger partial charge is 0.229 e. The minimum atomic E-state index is -0.400. The third-order valence-corrected chi connectivity index (χ3v) is 4.97. The van der Waals surface area contributed by atoms with E-state index < -0.39 is 5.92 Å². The Bertz CT molecular complexity index is 886. The molecular formula is C21H22ClN3O3. The normalized spacial score (nSPS) is 16.1. The SMILES string of the molecule is CC(=O)Nc1cc(NC(=O)C2CC(=O)N(CCc3ccccc3)C2)ccc1Cl. The van der Waals surface area contributed by atoms with Crippen LogP contribution in [0.1, 0.15) is 18.9 Å². The van der Waals surface area contributed by atoms with Gasteiger partial charge in [0.1, 0.15) is 0 Å². The number of benzene rings is 2. The molecule has 3 rings (SSSR count). The first-order valence-corrected chi connectivity index (χ1v) is 9.50. The highest BCUT2D eigenvalue weighted by atomic mass is 35.5. The molecule has 1 aliphatic rings. The Hall–Kier alpha value is -2.86. The number of likely N-dealkylation sites (tertiary alicyclic amines) is 1. The molecule has 28 heavy (non-hydrogen) atoms. The first kappa shape index (κ1) is 19.9. The highest BCUT2D eigenvalue weighted by molar-refractivity contribution is 6.33. The molecule has 2 N–H and O–H groups in total. The van der Waals surface area contributed by atoms with Crippen LogP contribution in [0.2, 0.25) is 5.02 Å². The van der Waals surface area contributed by atoms with Crippen molar-refractivity contribution in [1.29, 1.82) is 0 Å². The molecule has 0 aliphatic carbocycles. The van der Waals surface area contributed by atoms with Crippen LogP contribution in [0.5, 0.6) is 0 Å². The van der Waals surface area contributed by atoms with Crippen LogP contribution < -0.4 is 10.6 Å². The van der Waals surface area contributed by atoms with Crippen LogP contribution in [-0.2, 0) is 20.8 Å². The molecule has 0 spiro atoms. The lowest BCUT2D eigenvalue weighted by Crippen LogP contribution is -2.30. The maximum absolute atomic E-state index is 12.6. The van der Waals surface area contributed by atoms with E-state index in [1.54, 1.807) is 23.1 Å². The Kier molecular flexibility index (Phi) is 6.31. The molecule has 0 bridgehead atoms. The van der Waals surface area contributed by atoms with Gasteiger partial charge in [0.25, 0.3) is 0 Å². The molecule has 1 saturated heterocycles. The zero-order chi connectivity index (χ0) is 20.1. The standard InChI is InChI=1S/C21H22ClN3O3/c1-14(26)23-19-12-17(7-8-18(19)22)24-21(28)16-11-20(27)25(13-16)10-9-15-5-3-2-4-6-15/h2-8,12,16H,9-11,13H2,1H3,(H,23,26)(H,24,28). The monoisotopic (exact) mass is 399 g/mol. The molecule has 1 heterocycles. The van der Waals surface area contributed by atoms with Gasteiger partial charge in [-0.15, -0.1) is 0 Å². The summed E-state index contributed by atoms with van der Waals surface area (Å²) in [6.45, 7) is 2.39. The van der Waals surface area contributed by atoms with Crippen LogP contribution in [0.25, 0.3) is 0 Å². The molecule has 0 saturated carbocycles. The van der Waals surface area contributed by atoms with Crippen molar-refractivity contribution < 1.29 is 14.4 Å². The Morgan fingerprint density at radius 2 is 1.89 bits per heavy atom. The van der Waals surface area contributed by atoms with Gasteiger partial charge in [0.2, 0.25) is 17.7 Å². The number of carbonyl (C=O) groups excluding carboxylic acids is 3. The fraction of sp³-hybridized carbons (Fsp3) is 0.286. The highest BCUT2D eigenvalue weighted by Gasteiger charge is 2.34. The second-order valence-corrected chi connectivity index (χ2v) is 7.25. The Labute approximate surface area is 168 Å². The third-order valence-electron chi connectivity index (χ3n) is 4.64. The molecule has 1 unspecified atom stereocenters. The summed E-state index contributed by atoms with van der Waals surface area (Å²) in [5.74, 6) is -0.873. The van der Waals surface area contributed by atoms with Gasteiger partial charge in [0, 0.05) is 32.1 Å². The summed E-state index contributed by atoms with van der Waals surface area (Å²) in [6.07, 6.45) is 0.963. The number of halogens is 1. The maximum Gasteiger partial charge on any atom is 0.229 e. The van der Waals surface area contributed by atoms with Gasteiger partial charge >= 0.3 is 0 Å². The molecule has 2 aromatic rings. The lowest BCUT2D eigenvalue weighted by molar-refractivity contribution is -0.128. The van der Waals surface area contributed by atoms with E-state index in [1.165, 1.54) is 6.92 Å². The number of anilines is 2. The van der Waals surface area contributed by atoms with Crippen molar-refractivity contribution in [2.24, 2.45) is 5.92 Å². The number of nitrogens with one attached hydrogen (secondary N) is 2. The fourth-order valence-corrected chi connectivity index (χ4v) is 3.37. The zero-order valence-electron chi connectivity index (χ0n) is 15.6. The highest BCUT2D eigenvalue weighted by Crippen LogP contribution is 2.27. The number of carbonyl (C=O) groups is 3. The molecular weight excluding hydrogens is 378 g/mol. The second-order valence-electron chi connectivity index (χ2n) is 6.84. The van der Waals surface area contributed by atoms with Crippen LogP contribution in [0.15, 0.2) is 48.5 Å². The van der Waals surface area contributed by atoms with E-state index in [0.717, 1.165) is 12.0 Å². The molecule has 146 valence electrons. The van der Waals surface area contributed by atoms with Gasteiger partial charge in [0.05, 0.1) is 16.6 Å². The van der Waals surface area contributed by atoms with Crippen molar-refractivity contribution in [1.82, 2.24) is 4.90 Å². The number of hydrogen-bond donors (Lipinski definition) is 2. The van der Waals surface area contributed by atoms with E-state index in [-0.39, 0.29) is 24.1 Å². The lowest BCUT2D eigenvalue weighted by Gasteiger charge is -2.17. The van der Waals surface area contributed by atoms with E-state index in [0.29, 0.717) is 29.5 Å². The van der Waals surface area contributed by atoms with E-state index in [1.807, 2.05) is 30.3 Å². The van der Waals surface area contributed by atoms with Crippen molar-refractivity contribution >= 4 is 40.7 Å². The van der Waals surface area contributed by atoms with Crippen LogP contribution in [0.3, 0.4) is 0 Å². The Balaban J connectivity index is 1.58. The molecule has 1 fully saturated rings. The predicted molar refractivity (Wildman–Crippen MR) is 109 cm³/mol. The van der Waals surface area contributed by atoms with Crippen molar-refractivity contribution in [2.75, 3.05) is 23.7 Å². The molecule has 1 atom stereocenters. The van der Waals surface area contributed by atoms with Crippen molar-refractivity contribution in [3.05, 3.63) is 59.1 Å². The molecule has 1 aliphatic heterocycles. The van der Waals surface area contributed by atoms with Crippen LogP contribution in [0, 0.1) is 5.92 Å². The Morgan fingerprint density at radius 1 is 1.14 bits per heavy atom. The van der Waals surface area contributed by atoms with Gasteiger partial charge in [-0.2, -0.15) is 0 Å². The molecule has 3 amide bonds. The summed E-state index contributed by atoms with van der Waals surface area (Å²) < 4.78 is 0. The topological polar surface area (TPSA) is 78.5 Å². The van der Waals surface area contributed by atoms with E-state index in [2.05, 4.69) is 10.6 Å².